The summed E-state index contributed by atoms with van der Waals surface area (Å²) in [6, 6.07) is 86.6. The Hall–Kier alpha value is -8.32. The van der Waals surface area contributed by atoms with E-state index < -0.39 is 0 Å². The first-order valence-corrected chi connectivity index (χ1v) is 22.3. The molecule has 14 rings (SSSR count). The summed E-state index contributed by atoms with van der Waals surface area (Å²) in [5, 5.41) is 22.9. The van der Waals surface area contributed by atoms with Crippen molar-refractivity contribution in [1.82, 2.24) is 0 Å². The molecule has 14 aromatic rings. The molecule has 0 aromatic heterocycles. The lowest BCUT2D eigenvalue weighted by Gasteiger charge is -2.26. The second kappa shape index (κ2) is 13.6. The van der Waals surface area contributed by atoms with Gasteiger partial charge in [0.1, 0.15) is 0 Å². The quantitative estimate of drug-likeness (QED) is 0.123. The normalized spacial score (nSPS) is 12.1. The van der Waals surface area contributed by atoms with Gasteiger partial charge in [0.05, 0.1) is 0 Å². The van der Waals surface area contributed by atoms with Gasteiger partial charge in [-0.15, -0.1) is 0 Å². The molecule has 14 aromatic carbocycles. The fraction of sp³-hybridized carbons (Fsp3) is 0. The number of hydrogen-bond acceptors (Lipinski definition) is 0. The van der Waals surface area contributed by atoms with Crippen molar-refractivity contribution >= 4 is 97.0 Å². The van der Waals surface area contributed by atoms with Gasteiger partial charge >= 0.3 is 0 Å². The maximum absolute atomic E-state index is 2.52. The summed E-state index contributed by atoms with van der Waals surface area (Å²) in [6.45, 7) is 0. The fourth-order valence-electron chi connectivity index (χ4n) is 11.2. The van der Waals surface area contributed by atoms with Gasteiger partial charge in [0.15, 0.2) is 0 Å². The topological polar surface area (TPSA) is 0 Å². The van der Waals surface area contributed by atoms with Crippen LogP contribution in [-0.4, -0.2) is 0 Å². The molecule has 0 saturated heterocycles. The first-order valence-electron chi connectivity index (χ1n) is 22.3. The molecule has 0 aliphatic carbocycles. The molecule has 0 heterocycles. The summed E-state index contributed by atoms with van der Waals surface area (Å²) in [5.74, 6) is 0. The highest BCUT2D eigenvalue weighted by Gasteiger charge is 2.27. The van der Waals surface area contributed by atoms with E-state index in [1.165, 1.54) is 141 Å². The average Bonchev–Trinajstić information content (AvgIpc) is 3.37. The first kappa shape index (κ1) is 35.3. The maximum Gasteiger partial charge on any atom is -0.0000937 e. The van der Waals surface area contributed by atoms with Crippen LogP contribution in [0.2, 0.25) is 0 Å². The van der Waals surface area contributed by atoms with Crippen molar-refractivity contribution in [2.24, 2.45) is 0 Å². The van der Waals surface area contributed by atoms with Crippen LogP contribution in [0, 0.1) is 0 Å². The maximum atomic E-state index is 2.52. The molecule has 0 heteroatoms. The second-order valence-electron chi connectivity index (χ2n) is 17.5. The molecule has 0 aliphatic rings. The summed E-state index contributed by atoms with van der Waals surface area (Å²) >= 11 is 0. The van der Waals surface area contributed by atoms with Crippen molar-refractivity contribution in [3.63, 3.8) is 0 Å². The molecule has 0 bridgehead atoms. The minimum atomic E-state index is 1.22. The number of benzene rings is 14. The molecule has 0 radical (unpaired) electrons. The Labute approximate surface area is 370 Å². The minimum absolute atomic E-state index is 1.22. The zero-order chi connectivity index (χ0) is 41.9. The van der Waals surface area contributed by atoms with E-state index in [2.05, 4.69) is 231 Å². The lowest BCUT2D eigenvalue weighted by molar-refractivity contribution is 1.66. The SMILES string of the molecule is c1ccc2cc(-c3cc(-c4ccc5ccccc5c4)c4c5ccccc5c5c(-c6ccc7ccccc7c6)cc(-c6ccc7ccccc7c6)c6c7ccccc7c3c4c65)ccc2c1. The van der Waals surface area contributed by atoms with Gasteiger partial charge in [-0.25, -0.2) is 0 Å². The predicted molar refractivity (Wildman–Crippen MR) is 277 cm³/mol. The molecule has 0 unspecified atom stereocenters. The highest BCUT2D eigenvalue weighted by atomic mass is 14.3. The van der Waals surface area contributed by atoms with Gasteiger partial charge in [0.2, 0.25) is 0 Å². The lowest BCUT2D eigenvalue weighted by atomic mass is 9.77. The third kappa shape index (κ3) is 5.17. The largest absolute Gasteiger partial charge is 0.0616 e. The lowest BCUT2D eigenvalue weighted by Crippen LogP contribution is -1.98. The van der Waals surface area contributed by atoms with Crippen LogP contribution in [0.15, 0.2) is 231 Å². The molecular weight excluding hydrogens is 769 g/mol. The summed E-state index contributed by atoms with van der Waals surface area (Å²) in [5.41, 5.74) is 9.88. The Morgan fingerprint density at radius 3 is 0.625 bits per heavy atom. The second-order valence-corrected chi connectivity index (χ2v) is 17.5. The van der Waals surface area contributed by atoms with Crippen molar-refractivity contribution in [2.45, 2.75) is 0 Å². The van der Waals surface area contributed by atoms with Gasteiger partial charge in [-0.3, -0.25) is 0 Å². The van der Waals surface area contributed by atoms with E-state index in [1.54, 1.807) is 0 Å². The Morgan fingerprint density at radius 1 is 0.156 bits per heavy atom. The molecule has 0 N–H and O–H groups in total. The highest BCUT2D eigenvalue weighted by molar-refractivity contribution is 6.46. The van der Waals surface area contributed by atoms with Crippen LogP contribution in [-0.2, 0) is 0 Å². The van der Waals surface area contributed by atoms with E-state index in [9.17, 15) is 0 Å². The fourth-order valence-corrected chi connectivity index (χ4v) is 11.2. The van der Waals surface area contributed by atoms with Crippen LogP contribution < -0.4 is 0 Å². The summed E-state index contributed by atoms with van der Waals surface area (Å²) in [6.07, 6.45) is 0. The van der Waals surface area contributed by atoms with Gasteiger partial charge in [-0.05, 0) is 178 Å². The summed E-state index contributed by atoms with van der Waals surface area (Å²) in [4.78, 5) is 0. The zero-order valence-electron chi connectivity index (χ0n) is 34.9. The van der Waals surface area contributed by atoms with E-state index in [-0.39, 0.29) is 0 Å². The van der Waals surface area contributed by atoms with Crippen LogP contribution in [0.25, 0.3) is 141 Å². The third-order valence-electron chi connectivity index (χ3n) is 14.1. The average molecular weight is 807 g/mol. The number of hydrogen-bond donors (Lipinski definition) is 0. The number of fused-ring (bicyclic) bond motifs is 10. The Balaban J connectivity index is 1.26. The van der Waals surface area contributed by atoms with Gasteiger partial charge < -0.3 is 0 Å². The predicted octanol–water partition coefficient (Wildman–Crippen LogP) is 18.2. The molecule has 294 valence electrons. The standard InChI is InChI=1S/C64H38/c1-5-17-43-33-47(29-25-39(43)13-1)55-37-56(48-30-26-40-14-2-6-18-44(40)34-48)60-53-23-11-12-24-54(53)62-58(50-32-28-42-16-4-8-20-46(42)36-50)38-57(49-31-27-41-15-3-7-19-45(41)35-49)61-52-22-10-9-21-51(52)59(55)63(60)64(61)62/h1-38H. The van der Waals surface area contributed by atoms with Crippen molar-refractivity contribution in [2.75, 3.05) is 0 Å². The number of rotatable bonds is 4. The molecule has 0 saturated carbocycles. The summed E-state index contributed by atoms with van der Waals surface area (Å²) in [7, 11) is 0. The Kier molecular flexibility index (Phi) is 7.49. The van der Waals surface area contributed by atoms with E-state index in [0.29, 0.717) is 0 Å². The Morgan fingerprint density at radius 2 is 0.375 bits per heavy atom. The van der Waals surface area contributed by atoms with Crippen molar-refractivity contribution in [3.8, 4) is 44.5 Å². The zero-order valence-corrected chi connectivity index (χ0v) is 34.9. The van der Waals surface area contributed by atoms with Crippen LogP contribution in [0.3, 0.4) is 0 Å². The van der Waals surface area contributed by atoms with E-state index in [1.807, 2.05) is 0 Å². The van der Waals surface area contributed by atoms with Crippen molar-refractivity contribution < 1.29 is 0 Å². The van der Waals surface area contributed by atoms with Crippen LogP contribution in [0.5, 0.6) is 0 Å². The highest BCUT2D eigenvalue weighted by Crippen LogP contribution is 2.55. The van der Waals surface area contributed by atoms with Crippen LogP contribution in [0.4, 0.5) is 0 Å². The molecular formula is C64H38. The smallest absolute Gasteiger partial charge is 0.0000937 e. The van der Waals surface area contributed by atoms with Gasteiger partial charge in [0.25, 0.3) is 0 Å². The monoisotopic (exact) mass is 806 g/mol. The van der Waals surface area contributed by atoms with Gasteiger partial charge in [-0.1, -0.05) is 194 Å². The van der Waals surface area contributed by atoms with E-state index in [4.69, 9.17) is 0 Å². The molecule has 0 aliphatic heterocycles. The minimum Gasteiger partial charge on any atom is -0.0616 e. The van der Waals surface area contributed by atoms with Crippen molar-refractivity contribution in [1.29, 1.82) is 0 Å². The molecule has 0 spiro atoms. The van der Waals surface area contributed by atoms with Crippen LogP contribution >= 0.6 is 0 Å². The molecule has 0 fully saturated rings. The van der Waals surface area contributed by atoms with E-state index >= 15 is 0 Å². The van der Waals surface area contributed by atoms with Gasteiger partial charge in [-0.2, -0.15) is 0 Å². The molecule has 0 atom stereocenters. The summed E-state index contributed by atoms with van der Waals surface area (Å²) < 4.78 is 0. The van der Waals surface area contributed by atoms with Crippen LogP contribution in [0.1, 0.15) is 0 Å². The van der Waals surface area contributed by atoms with Gasteiger partial charge in [0, 0.05) is 0 Å². The van der Waals surface area contributed by atoms with E-state index in [0.717, 1.165) is 0 Å². The molecule has 0 nitrogen and oxygen atoms in total. The van der Waals surface area contributed by atoms with Crippen molar-refractivity contribution in [3.05, 3.63) is 231 Å². The molecule has 0 amide bonds. The third-order valence-corrected chi connectivity index (χ3v) is 14.1. The first-order chi connectivity index (χ1) is 31.7. The Bertz CT molecular complexity index is 3700. The molecule has 64 heavy (non-hydrogen) atoms.